The van der Waals surface area contributed by atoms with Crippen molar-refractivity contribution in [2.75, 3.05) is 59.0 Å². The molecular weight excluding hydrogens is 380 g/mol. The molecule has 3 rings (SSSR count). The van der Waals surface area contributed by atoms with Gasteiger partial charge in [0.15, 0.2) is 11.8 Å². The number of ether oxygens (including phenoxy) is 1. The quantitative estimate of drug-likeness (QED) is 0.262. The van der Waals surface area contributed by atoms with Crippen LogP contribution in [0.4, 0.5) is 0 Å². The molecule has 2 aliphatic heterocycles. The van der Waals surface area contributed by atoms with E-state index in [4.69, 9.17) is 9.73 Å². The average Bonchev–Trinajstić information content (AvgIpc) is 3.09. The highest BCUT2D eigenvalue weighted by Gasteiger charge is 2.19. The van der Waals surface area contributed by atoms with E-state index >= 15 is 0 Å². The number of aryl methyl sites for hydroxylation is 1. The monoisotopic (exact) mass is 418 g/mol. The molecular formula is C21H38N8O. The minimum Gasteiger partial charge on any atom is -0.379 e. The van der Waals surface area contributed by atoms with Crippen LogP contribution in [0.5, 0.6) is 0 Å². The summed E-state index contributed by atoms with van der Waals surface area (Å²) in [6, 6.07) is 0.442. The van der Waals surface area contributed by atoms with Gasteiger partial charge in [0, 0.05) is 52.4 Å². The van der Waals surface area contributed by atoms with E-state index in [1.54, 1.807) is 0 Å². The van der Waals surface area contributed by atoms with Crippen LogP contribution in [0.1, 0.15) is 30.9 Å². The topological polar surface area (TPSA) is 82.8 Å². The van der Waals surface area contributed by atoms with Gasteiger partial charge < -0.3 is 19.9 Å². The van der Waals surface area contributed by atoms with Crippen LogP contribution in [0.3, 0.4) is 0 Å². The molecule has 1 aromatic heterocycles. The van der Waals surface area contributed by atoms with Crippen molar-refractivity contribution in [3.8, 4) is 0 Å². The number of hydrogen-bond acceptors (Lipinski definition) is 6. The second-order valence-electron chi connectivity index (χ2n) is 8.13. The van der Waals surface area contributed by atoms with Gasteiger partial charge in [-0.3, -0.25) is 9.80 Å². The second kappa shape index (κ2) is 12.0. The Balaban J connectivity index is 1.50. The molecule has 9 heteroatoms. The summed E-state index contributed by atoms with van der Waals surface area (Å²) >= 11 is 0. The SMILES string of the molecule is C=CCN1CCC(NC(=NCc2nnc(C)n2C)NCCCN2CCOCC2)CC1. The fraction of sp³-hybridized carbons (Fsp3) is 0.762. The summed E-state index contributed by atoms with van der Waals surface area (Å²) in [5, 5.41) is 15.6. The fourth-order valence-corrected chi connectivity index (χ4v) is 3.86. The molecule has 0 aliphatic carbocycles. The molecule has 3 heterocycles. The highest BCUT2D eigenvalue weighted by Crippen LogP contribution is 2.10. The first kappa shape index (κ1) is 22.7. The number of rotatable bonds is 9. The van der Waals surface area contributed by atoms with Gasteiger partial charge in [0.05, 0.1) is 13.2 Å². The summed E-state index contributed by atoms with van der Waals surface area (Å²) in [5.41, 5.74) is 0. The maximum Gasteiger partial charge on any atom is 0.191 e. The standard InChI is InChI=1S/C21H38N8O/c1-4-9-28-11-6-19(7-12-28)24-21(23-17-20-26-25-18(2)27(20)3)22-8-5-10-29-13-15-30-16-14-29/h4,19H,1,5-17H2,2-3H3,(H2,22,23,24). The molecule has 0 amide bonds. The molecule has 0 unspecified atom stereocenters. The molecule has 0 radical (unpaired) electrons. The van der Waals surface area contributed by atoms with Crippen molar-refractivity contribution in [2.24, 2.45) is 12.0 Å². The third kappa shape index (κ3) is 7.07. The molecule has 168 valence electrons. The van der Waals surface area contributed by atoms with E-state index in [0.717, 1.165) is 95.9 Å². The summed E-state index contributed by atoms with van der Waals surface area (Å²) in [5.74, 6) is 2.66. The Morgan fingerprint density at radius 1 is 1.20 bits per heavy atom. The Morgan fingerprint density at radius 3 is 2.63 bits per heavy atom. The van der Waals surface area contributed by atoms with Crippen LogP contribution in [-0.4, -0.2) is 95.6 Å². The summed E-state index contributed by atoms with van der Waals surface area (Å²) < 4.78 is 7.42. The molecule has 30 heavy (non-hydrogen) atoms. The third-order valence-electron chi connectivity index (χ3n) is 5.92. The minimum absolute atomic E-state index is 0.442. The normalized spacial score (nSPS) is 19.7. The Kier molecular flexibility index (Phi) is 9.10. The van der Waals surface area contributed by atoms with Crippen LogP contribution in [0.2, 0.25) is 0 Å². The molecule has 2 aliphatic rings. The van der Waals surface area contributed by atoms with E-state index in [1.807, 2.05) is 24.6 Å². The van der Waals surface area contributed by atoms with E-state index in [1.165, 1.54) is 0 Å². The molecule has 0 atom stereocenters. The van der Waals surface area contributed by atoms with E-state index in [0.29, 0.717) is 12.6 Å². The zero-order chi connectivity index (χ0) is 21.2. The highest BCUT2D eigenvalue weighted by atomic mass is 16.5. The van der Waals surface area contributed by atoms with E-state index < -0.39 is 0 Å². The predicted octanol–water partition coefficient (Wildman–Crippen LogP) is 0.531. The van der Waals surface area contributed by atoms with Gasteiger partial charge in [-0.2, -0.15) is 0 Å². The molecule has 2 saturated heterocycles. The van der Waals surface area contributed by atoms with Gasteiger partial charge in [-0.05, 0) is 32.7 Å². The molecule has 0 saturated carbocycles. The van der Waals surface area contributed by atoms with Crippen molar-refractivity contribution in [2.45, 2.75) is 38.8 Å². The number of morpholine rings is 1. The number of hydrogen-bond donors (Lipinski definition) is 2. The second-order valence-corrected chi connectivity index (χ2v) is 8.13. The van der Waals surface area contributed by atoms with Crippen LogP contribution in [0, 0.1) is 6.92 Å². The zero-order valence-electron chi connectivity index (χ0n) is 18.6. The smallest absolute Gasteiger partial charge is 0.191 e. The number of likely N-dealkylation sites (tertiary alicyclic amines) is 1. The van der Waals surface area contributed by atoms with Gasteiger partial charge in [-0.15, -0.1) is 16.8 Å². The van der Waals surface area contributed by atoms with Crippen molar-refractivity contribution in [3.05, 3.63) is 24.3 Å². The lowest BCUT2D eigenvalue weighted by molar-refractivity contribution is 0.0376. The molecule has 0 spiro atoms. The summed E-state index contributed by atoms with van der Waals surface area (Å²) in [6.45, 7) is 15.2. The van der Waals surface area contributed by atoms with Crippen molar-refractivity contribution >= 4 is 5.96 Å². The van der Waals surface area contributed by atoms with E-state index in [9.17, 15) is 0 Å². The molecule has 0 bridgehead atoms. The van der Waals surface area contributed by atoms with Gasteiger partial charge in [0.25, 0.3) is 0 Å². The van der Waals surface area contributed by atoms with Gasteiger partial charge >= 0.3 is 0 Å². The van der Waals surface area contributed by atoms with Crippen molar-refractivity contribution in [3.63, 3.8) is 0 Å². The minimum atomic E-state index is 0.442. The maximum atomic E-state index is 5.43. The van der Waals surface area contributed by atoms with Crippen molar-refractivity contribution in [1.82, 2.24) is 35.2 Å². The molecule has 2 N–H and O–H groups in total. The van der Waals surface area contributed by atoms with Gasteiger partial charge in [0.2, 0.25) is 0 Å². The van der Waals surface area contributed by atoms with Crippen LogP contribution >= 0.6 is 0 Å². The van der Waals surface area contributed by atoms with Gasteiger partial charge in [-0.1, -0.05) is 6.08 Å². The summed E-state index contributed by atoms with van der Waals surface area (Å²) in [6.07, 6.45) is 5.30. The van der Waals surface area contributed by atoms with E-state index in [-0.39, 0.29) is 0 Å². The highest BCUT2D eigenvalue weighted by molar-refractivity contribution is 5.80. The molecule has 0 aromatic carbocycles. The number of nitrogens with one attached hydrogen (secondary N) is 2. The lowest BCUT2D eigenvalue weighted by Crippen LogP contribution is -2.49. The zero-order valence-corrected chi connectivity index (χ0v) is 18.6. The number of nitrogens with zero attached hydrogens (tertiary/aromatic N) is 6. The summed E-state index contributed by atoms with van der Waals surface area (Å²) in [7, 11) is 1.98. The Morgan fingerprint density at radius 2 is 1.97 bits per heavy atom. The number of piperidine rings is 1. The molecule has 9 nitrogen and oxygen atoms in total. The van der Waals surface area contributed by atoms with Crippen LogP contribution in [-0.2, 0) is 18.3 Å². The Hall–Kier alpha value is -1.97. The summed E-state index contributed by atoms with van der Waals surface area (Å²) in [4.78, 5) is 9.72. The lowest BCUT2D eigenvalue weighted by Gasteiger charge is -2.32. The number of guanidine groups is 1. The first-order chi connectivity index (χ1) is 14.7. The predicted molar refractivity (Wildman–Crippen MR) is 120 cm³/mol. The number of aromatic nitrogens is 3. The molecule has 1 aromatic rings. The average molecular weight is 419 g/mol. The van der Waals surface area contributed by atoms with E-state index in [2.05, 4.69) is 37.2 Å². The third-order valence-corrected chi connectivity index (χ3v) is 5.92. The maximum absolute atomic E-state index is 5.43. The first-order valence-corrected chi connectivity index (χ1v) is 11.2. The largest absolute Gasteiger partial charge is 0.379 e. The number of aliphatic imine (C=N–C) groups is 1. The molecule has 2 fully saturated rings. The van der Waals surface area contributed by atoms with Crippen molar-refractivity contribution < 1.29 is 4.74 Å². The van der Waals surface area contributed by atoms with Crippen LogP contribution in [0.25, 0.3) is 0 Å². The first-order valence-electron chi connectivity index (χ1n) is 11.2. The van der Waals surface area contributed by atoms with Crippen molar-refractivity contribution in [1.29, 1.82) is 0 Å². The Bertz CT molecular complexity index is 675. The Labute approximate surface area is 180 Å². The van der Waals surface area contributed by atoms with Crippen LogP contribution < -0.4 is 10.6 Å². The lowest BCUT2D eigenvalue weighted by atomic mass is 10.1. The van der Waals surface area contributed by atoms with Gasteiger partial charge in [-0.25, -0.2) is 4.99 Å². The van der Waals surface area contributed by atoms with Crippen LogP contribution in [0.15, 0.2) is 17.6 Å². The van der Waals surface area contributed by atoms with Gasteiger partial charge in [0.1, 0.15) is 12.4 Å². The fourth-order valence-electron chi connectivity index (χ4n) is 3.86.